The first-order valence-corrected chi connectivity index (χ1v) is 5.27. The van der Waals surface area contributed by atoms with Gasteiger partial charge in [-0.1, -0.05) is 24.3 Å². The van der Waals surface area contributed by atoms with Gasteiger partial charge in [-0.25, -0.2) is 9.18 Å². The van der Waals surface area contributed by atoms with Crippen molar-refractivity contribution in [3.63, 3.8) is 0 Å². The van der Waals surface area contributed by atoms with Crippen molar-refractivity contribution in [1.29, 1.82) is 0 Å². The van der Waals surface area contributed by atoms with Gasteiger partial charge in [0.2, 0.25) is 0 Å². The predicted octanol–water partition coefficient (Wildman–Crippen LogP) is 2.76. The molecule has 2 rings (SSSR count). The van der Waals surface area contributed by atoms with Crippen LogP contribution in [-0.2, 0) is 4.79 Å². The maximum absolute atomic E-state index is 13.0. The molecule has 0 aliphatic rings. The normalized spacial score (nSPS) is 10.1. The highest BCUT2D eigenvalue weighted by atomic mass is 19.1. The minimum absolute atomic E-state index is 0.381. The molecule has 91 valence electrons. The molecule has 0 fully saturated rings. The molecule has 0 unspecified atom stereocenters. The molecule has 2 aromatic rings. The number of hydrogen-bond acceptors (Lipinski definition) is 2. The van der Waals surface area contributed by atoms with Crippen molar-refractivity contribution in [3.05, 3.63) is 54.3 Å². The first-order chi connectivity index (χ1) is 8.65. The molecule has 0 spiro atoms. The molecule has 0 saturated heterocycles. The maximum Gasteiger partial charge on any atom is 0.341 e. The van der Waals surface area contributed by atoms with Gasteiger partial charge in [-0.3, -0.25) is 0 Å². The lowest BCUT2D eigenvalue weighted by Crippen LogP contribution is -2.09. The fourth-order valence-electron chi connectivity index (χ4n) is 1.51. The third kappa shape index (κ3) is 3.07. The monoisotopic (exact) mass is 245 g/mol. The molecular formula is C14H10FO3. The van der Waals surface area contributed by atoms with E-state index in [1.165, 1.54) is 12.1 Å². The van der Waals surface area contributed by atoms with Crippen LogP contribution in [0, 0.1) is 11.9 Å². The van der Waals surface area contributed by atoms with Crippen LogP contribution in [0.3, 0.4) is 0 Å². The number of halogens is 1. The third-order valence-electron chi connectivity index (χ3n) is 2.32. The van der Waals surface area contributed by atoms with Crippen LogP contribution < -0.4 is 4.74 Å². The first-order valence-electron chi connectivity index (χ1n) is 5.27. The van der Waals surface area contributed by atoms with Crippen molar-refractivity contribution in [2.45, 2.75) is 0 Å². The van der Waals surface area contributed by atoms with E-state index in [4.69, 9.17) is 9.84 Å². The molecule has 18 heavy (non-hydrogen) atoms. The summed E-state index contributed by atoms with van der Waals surface area (Å²) in [5.41, 5.74) is 1.56. The van der Waals surface area contributed by atoms with Crippen LogP contribution in [0.2, 0.25) is 0 Å². The molecule has 1 N–H and O–H groups in total. The number of aliphatic carboxylic acids is 1. The molecular weight excluding hydrogens is 235 g/mol. The SMILES string of the molecule is O=C(O)COc1ccc(-c2cc[c]c(F)c2)cc1. The number of carboxylic acid groups (broad SMARTS) is 1. The second kappa shape index (κ2) is 5.31. The number of benzene rings is 2. The van der Waals surface area contributed by atoms with Crippen molar-refractivity contribution in [2.24, 2.45) is 0 Å². The van der Waals surface area contributed by atoms with Gasteiger partial charge in [0.05, 0.1) is 0 Å². The van der Waals surface area contributed by atoms with Gasteiger partial charge in [0.25, 0.3) is 0 Å². The zero-order valence-corrected chi connectivity index (χ0v) is 9.39. The van der Waals surface area contributed by atoms with Crippen LogP contribution in [-0.4, -0.2) is 17.7 Å². The van der Waals surface area contributed by atoms with Crippen molar-refractivity contribution < 1.29 is 19.0 Å². The van der Waals surface area contributed by atoms with Gasteiger partial charge in [0, 0.05) is 6.07 Å². The Labute approximate surface area is 103 Å². The van der Waals surface area contributed by atoms with Crippen molar-refractivity contribution in [2.75, 3.05) is 6.61 Å². The van der Waals surface area contributed by atoms with E-state index in [1.54, 1.807) is 30.3 Å². The van der Waals surface area contributed by atoms with Gasteiger partial charge in [0.1, 0.15) is 11.6 Å². The number of carboxylic acids is 1. The average Bonchev–Trinajstić information content (AvgIpc) is 2.37. The van der Waals surface area contributed by atoms with E-state index in [1.807, 2.05) is 0 Å². The van der Waals surface area contributed by atoms with Gasteiger partial charge in [-0.15, -0.1) is 0 Å². The largest absolute Gasteiger partial charge is 0.482 e. The van der Waals surface area contributed by atoms with E-state index in [2.05, 4.69) is 6.07 Å². The molecule has 0 aromatic heterocycles. The Kier molecular flexibility index (Phi) is 3.57. The second-order valence-corrected chi connectivity index (χ2v) is 3.63. The van der Waals surface area contributed by atoms with Crippen LogP contribution in [0.5, 0.6) is 5.75 Å². The van der Waals surface area contributed by atoms with Gasteiger partial charge in [-0.2, -0.15) is 0 Å². The molecule has 0 amide bonds. The minimum atomic E-state index is -1.03. The average molecular weight is 245 g/mol. The van der Waals surface area contributed by atoms with Crippen LogP contribution in [0.4, 0.5) is 4.39 Å². The summed E-state index contributed by atoms with van der Waals surface area (Å²) >= 11 is 0. The van der Waals surface area contributed by atoms with Gasteiger partial charge < -0.3 is 9.84 Å². The summed E-state index contributed by atoms with van der Waals surface area (Å²) in [5.74, 6) is -0.984. The first kappa shape index (κ1) is 12.1. The molecule has 0 saturated carbocycles. The van der Waals surface area contributed by atoms with Gasteiger partial charge in [0.15, 0.2) is 6.61 Å². The zero-order valence-electron chi connectivity index (χ0n) is 9.39. The van der Waals surface area contributed by atoms with Gasteiger partial charge >= 0.3 is 5.97 Å². The maximum atomic E-state index is 13.0. The van der Waals surface area contributed by atoms with E-state index >= 15 is 0 Å². The summed E-state index contributed by atoms with van der Waals surface area (Å²) < 4.78 is 18.0. The molecule has 2 aromatic carbocycles. The highest BCUT2D eigenvalue weighted by molar-refractivity contribution is 5.68. The Morgan fingerprint density at radius 1 is 1.22 bits per heavy atom. The van der Waals surface area contributed by atoms with E-state index in [-0.39, 0.29) is 6.61 Å². The molecule has 0 aliphatic carbocycles. The van der Waals surface area contributed by atoms with E-state index in [0.29, 0.717) is 5.75 Å². The molecule has 0 heterocycles. The summed E-state index contributed by atoms with van der Waals surface area (Å²) in [6, 6.07) is 13.8. The number of hydrogen-bond donors (Lipinski definition) is 1. The minimum Gasteiger partial charge on any atom is -0.482 e. The highest BCUT2D eigenvalue weighted by Crippen LogP contribution is 2.22. The van der Waals surface area contributed by atoms with E-state index in [9.17, 15) is 9.18 Å². The van der Waals surface area contributed by atoms with Crippen LogP contribution in [0.25, 0.3) is 11.1 Å². The molecule has 4 heteroatoms. The Bertz CT molecular complexity index is 549. The fourth-order valence-corrected chi connectivity index (χ4v) is 1.51. The molecule has 1 radical (unpaired) electrons. The third-order valence-corrected chi connectivity index (χ3v) is 2.32. The predicted molar refractivity (Wildman–Crippen MR) is 63.8 cm³/mol. The lowest BCUT2D eigenvalue weighted by Gasteiger charge is -2.05. The Hall–Kier alpha value is -2.36. The Morgan fingerprint density at radius 2 is 1.94 bits per heavy atom. The lowest BCUT2D eigenvalue weighted by atomic mass is 10.1. The van der Waals surface area contributed by atoms with Crippen molar-refractivity contribution in [1.82, 2.24) is 0 Å². The van der Waals surface area contributed by atoms with E-state index < -0.39 is 11.8 Å². The van der Waals surface area contributed by atoms with Crippen LogP contribution in [0.1, 0.15) is 0 Å². The number of ether oxygens (including phenoxy) is 1. The highest BCUT2D eigenvalue weighted by Gasteiger charge is 2.02. The van der Waals surface area contributed by atoms with Crippen molar-refractivity contribution >= 4 is 5.97 Å². The Balaban J connectivity index is 2.14. The summed E-state index contributed by atoms with van der Waals surface area (Å²) in [6.07, 6.45) is 0. The summed E-state index contributed by atoms with van der Waals surface area (Å²) in [6.45, 7) is -0.381. The van der Waals surface area contributed by atoms with Crippen LogP contribution >= 0.6 is 0 Å². The standard InChI is InChI=1S/C14H10FO3/c15-12-3-1-2-11(8-12)10-4-6-13(7-5-10)18-9-14(16)17/h1-2,4-8H,9H2,(H,16,17). The fraction of sp³-hybridized carbons (Fsp3) is 0.0714. The Morgan fingerprint density at radius 3 is 2.56 bits per heavy atom. The summed E-state index contributed by atoms with van der Waals surface area (Å²) in [7, 11) is 0. The zero-order chi connectivity index (χ0) is 13.0. The lowest BCUT2D eigenvalue weighted by molar-refractivity contribution is -0.139. The topological polar surface area (TPSA) is 46.5 Å². The summed E-state index contributed by atoms with van der Waals surface area (Å²) in [5, 5.41) is 8.47. The molecule has 3 nitrogen and oxygen atoms in total. The van der Waals surface area contributed by atoms with Crippen LogP contribution in [0.15, 0.2) is 42.5 Å². The quantitative estimate of drug-likeness (QED) is 0.900. The van der Waals surface area contributed by atoms with E-state index in [0.717, 1.165) is 11.1 Å². The number of rotatable bonds is 4. The molecule has 0 atom stereocenters. The molecule has 0 bridgehead atoms. The second-order valence-electron chi connectivity index (χ2n) is 3.63. The smallest absolute Gasteiger partial charge is 0.341 e. The summed E-state index contributed by atoms with van der Waals surface area (Å²) in [4.78, 5) is 10.3. The van der Waals surface area contributed by atoms with Crippen molar-refractivity contribution in [3.8, 4) is 16.9 Å². The van der Waals surface area contributed by atoms with Gasteiger partial charge in [-0.05, 0) is 29.3 Å². The number of carbonyl (C=O) groups is 1. The molecule has 0 aliphatic heterocycles.